The second-order valence-corrected chi connectivity index (χ2v) is 8.09. The zero-order chi connectivity index (χ0) is 19.0. The summed E-state index contributed by atoms with van der Waals surface area (Å²) in [5, 5.41) is 11.7. The lowest BCUT2D eigenvalue weighted by Crippen LogP contribution is -2.22. The largest absolute Gasteiger partial charge is 0.319 e. The number of nitrogens with zero attached hydrogens (tertiary/aromatic N) is 1. The van der Waals surface area contributed by atoms with Crippen molar-refractivity contribution in [2.24, 2.45) is 10.3 Å². The van der Waals surface area contributed by atoms with Crippen molar-refractivity contribution in [3.8, 4) is 0 Å². The number of rotatable bonds is 4. The first-order valence-corrected chi connectivity index (χ1v) is 9.62. The molecule has 25 heavy (non-hydrogen) atoms. The first-order chi connectivity index (χ1) is 11.4. The van der Waals surface area contributed by atoms with Crippen LogP contribution in [0, 0.1) is 0 Å². The molecule has 1 aromatic heterocycles. The van der Waals surface area contributed by atoms with Crippen molar-refractivity contribution >= 4 is 43.2 Å². The molecule has 0 aliphatic rings. The van der Waals surface area contributed by atoms with Gasteiger partial charge in [0, 0.05) is 6.07 Å². The maximum absolute atomic E-state index is 12.1. The highest BCUT2D eigenvalue weighted by molar-refractivity contribution is 7.90. The van der Waals surface area contributed by atoms with E-state index in [1.54, 1.807) is 0 Å². The Hall–Kier alpha value is -2.32. The molecular weight excluding hydrogens is 398 g/mol. The number of H-pyrrole nitrogens is 1. The first-order valence-electron chi connectivity index (χ1n) is 6.15. The summed E-state index contributed by atoms with van der Waals surface area (Å²) in [6, 6.07) is 2.34. The van der Waals surface area contributed by atoms with E-state index in [0.717, 1.165) is 18.5 Å². The van der Waals surface area contributed by atoms with Crippen molar-refractivity contribution in [3.05, 3.63) is 45.6 Å². The van der Waals surface area contributed by atoms with Gasteiger partial charge in [0.2, 0.25) is 20.0 Å². The molecule has 6 N–H and O–H groups in total. The number of carbonyl (C=O) groups excluding carboxylic acids is 1. The summed E-state index contributed by atoms with van der Waals surface area (Å²) < 4.78 is 46.3. The molecule has 2 rings (SSSR count). The summed E-state index contributed by atoms with van der Waals surface area (Å²) in [6.45, 7) is 0. The summed E-state index contributed by atoms with van der Waals surface area (Å²) in [4.78, 5) is 27.7. The fourth-order valence-corrected chi connectivity index (χ4v) is 3.64. The fraction of sp³-hybridized carbons (Fsp3) is 0. The molecule has 1 aromatic carbocycles. The van der Waals surface area contributed by atoms with Crippen LogP contribution in [0.1, 0.15) is 10.5 Å². The summed E-state index contributed by atoms with van der Waals surface area (Å²) in [5.74, 6) is -0.949. The molecule has 0 bridgehead atoms. The molecule has 0 fully saturated rings. The van der Waals surface area contributed by atoms with Crippen LogP contribution >= 0.6 is 11.6 Å². The fourth-order valence-electron chi connectivity index (χ4n) is 1.76. The molecule has 0 spiro atoms. The van der Waals surface area contributed by atoms with E-state index in [1.165, 1.54) is 0 Å². The van der Waals surface area contributed by atoms with Crippen LogP contribution < -0.4 is 21.2 Å². The lowest BCUT2D eigenvalue weighted by Gasteiger charge is -2.12. The zero-order valence-corrected chi connectivity index (χ0v) is 14.4. The van der Waals surface area contributed by atoms with Crippen molar-refractivity contribution in [1.82, 2.24) is 9.97 Å². The number of carbonyl (C=O) groups is 1. The molecule has 0 aliphatic carbocycles. The van der Waals surface area contributed by atoms with E-state index >= 15 is 0 Å². The molecule has 14 heteroatoms. The number of halogens is 1. The van der Waals surface area contributed by atoms with Crippen LogP contribution in [0.4, 0.5) is 5.69 Å². The quantitative estimate of drug-likeness (QED) is 0.496. The molecule has 11 nitrogen and oxygen atoms in total. The van der Waals surface area contributed by atoms with Gasteiger partial charge in [-0.3, -0.25) is 9.59 Å². The average molecular weight is 408 g/mol. The first kappa shape index (κ1) is 19.0. The number of sulfonamides is 2. The molecule has 0 atom stereocenters. The maximum Gasteiger partial charge on any atom is 0.274 e. The minimum absolute atomic E-state index is 0.323. The Morgan fingerprint density at radius 1 is 1.08 bits per heavy atom. The summed E-state index contributed by atoms with van der Waals surface area (Å²) in [5.41, 5.74) is -1.35. The van der Waals surface area contributed by atoms with Gasteiger partial charge < -0.3 is 10.3 Å². The van der Waals surface area contributed by atoms with Gasteiger partial charge in [-0.25, -0.2) is 32.1 Å². The summed E-state index contributed by atoms with van der Waals surface area (Å²) in [7, 11) is -8.79. The van der Waals surface area contributed by atoms with Crippen molar-refractivity contribution in [1.29, 1.82) is 0 Å². The van der Waals surface area contributed by atoms with Crippen molar-refractivity contribution in [3.63, 3.8) is 0 Å². The number of nitrogens with one attached hydrogen (secondary N) is 2. The second-order valence-electron chi connectivity index (χ2n) is 4.62. The van der Waals surface area contributed by atoms with Crippen molar-refractivity contribution < 1.29 is 21.6 Å². The molecule has 0 unspecified atom stereocenters. The SMILES string of the molecule is NS(=O)(=O)c1cc(S(N)(=O)=O)c(NC(=O)c2cc(=O)[nH]cn2)cc1Cl. The number of hydrogen-bond acceptors (Lipinski definition) is 7. The molecule has 2 aromatic rings. The number of benzene rings is 1. The Labute approximate surface area is 146 Å². The average Bonchev–Trinajstić information content (AvgIpc) is 2.44. The van der Waals surface area contributed by atoms with Crippen LogP contribution in [0.5, 0.6) is 0 Å². The van der Waals surface area contributed by atoms with Crippen molar-refractivity contribution in [2.45, 2.75) is 9.79 Å². The Morgan fingerprint density at radius 3 is 2.20 bits per heavy atom. The minimum atomic E-state index is -4.45. The van der Waals surface area contributed by atoms with E-state index in [1.807, 2.05) is 0 Å². The Kier molecular flexibility index (Phi) is 4.97. The van der Waals surface area contributed by atoms with Gasteiger partial charge in [0.15, 0.2) is 0 Å². The predicted molar refractivity (Wildman–Crippen MR) is 87.0 cm³/mol. The molecule has 1 amide bonds. The smallest absolute Gasteiger partial charge is 0.274 e. The van der Waals surface area contributed by atoms with Crippen molar-refractivity contribution in [2.75, 3.05) is 5.32 Å². The number of aromatic nitrogens is 2. The highest BCUT2D eigenvalue weighted by Crippen LogP contribution is 2.30. The van der Waals surface area contributed by atoms with E-state index in [2.05, 4.69) is 15.3 Å². The van der Waals surface area contributed by atoms with E-state index in [9.17, 15) is 26.4 Å². The third kappa shape index (κ3) is 4.40. The van der Waals surface area contributed by atoms with Crippen LogP contribution in [0.2, 0.25) is 5.02 Å². The minimum Gasteiger partial charge on any atom is -0.319 e. The number of anilines is 1. The predicted octanol–water partition coefficient (Wildman–Crippen LogP) is -1.03. The molecule has 0 radical (unpaired) electrons. The lowest BCUT2D eigenvalue weighted by molar-refractivity contribution is 0.102. The number of aromatic amines is 1. The van der Waals surface area contributed by atoms with E-state index < -0.39 is 52.0 Å². The van der Waals surface area contributed by atoms with Gasteiger partial charge in [0.05, 0.1) is 17.0 Å². The Balaban J connectivity index is 2.59. The van der Waals surface area contributed by atoms with Crippen LogP contribution in [0.15, 0.2) is 39.1 Å². The molecular formula is C11H10ClN5O6S2. The standard InChI is InChI=1S/C11H10ClN5O6S2/c12-5-1-6(17-11(19)7-2-10(18)16-4-15-7)9(25(14,22)23)3-8(5)24(13,20)21/h1-4H,(H,17,19)(H2,13,20,21)(H2,14,22,23)(H,15,16,18). The third-order valence-corrected chi connectivity index (χ3v) is 5.13. The van der Waals surface area contributed by atoms with Gasteiger partial charge in [-0.05, 0) is 12.1 Å². The topological polar surface area (TPSA) is 195 Å². The van der Waals surface area contributed by atoms with Crippen LogP contribution in [-0.2, 0) is 20.0 Å². The van der Waals surface area contributed by atoms with Gasteiger partial charge in [-0.2, -0.15) is 0 Å². The highest BCUT2D eigenvalue weighted by atomic mass is 35.5. The van der Waals surface area contributed by atoms with Crippen LogP contribution in [0.3, 0.4) is 0 Å². The van der Waals surface area contributed by atoms with Crippen LogP contribution in [0.25, 0.3) is 0 Å². The Morgan fingerprint density at radius 2 is 1.68 bits per heavy atom. The molecule has 134 valence electrons. The number of primary sulfonamides is 2. The second kappa shape index (κ2) is 6.53. The number of hydrogen-bond donors (Lipinski definition) is 4. The normalized spacial score (nSPS) is 12.0. The number of amides is 1. The van der Waals surface area contributed by atoms with Gasteiger partial charge in [-0.15, -0.1) is 0 Å². The lowest BCUT2D eigenvalue weighted by atomic mass is 10.3. The monoisotopic (exact) mass is 407 g/mol. The van der Waals surface area contributed by atoms with Gasteiger partial charge in [0.25, 0.3) is 11.5 Å². The maximum atomic E-state index is 12.1. The molecule has 0 aliphatic heterocycles. The highest BCUT2D eigenvalue weighted by Gasteiger charge is 2.23. The van der Waals surface area contributed by atoms with E-state index in [0.29, 0.717) is 6.07 Å². The van der Waals surface area contributed by atoms with E-state index in [4.69, 9.17) is 21.9 Å². The summed E-state index contributed by atoms with van der Waals surface area (Å²) >= 11 is 5.77. The molecule has 0 saturated heterocycles. The summed E-state index contributed by atoms with van der Waals surface area (Å²) in [6.07, 6.45) is 0.967. The zero-order valence-electron chi connectivity index (χ0n) is 12.1. The van der Waals surface area contributed by atoms with Gasteiger partial charge in [-0.1, -0.05) is 11.6 Å². The van der Waals surface area contributed by atoms with Gasteiger partial charge in [0.1, 0.15) is 15.5 Å². The third-order valence-electron chi connectivity index (χ3n) is 2.81. The Bertz CT molecular complexity index is 1130. The molecule has 1 heterocycles. The van der Waals surface area contributed by atoms with Crippen LogP contribution in [-0.4, -0.2) is 32.7 Å². The van der Waals surface area contributed by atoms with Gasteiger partial charge >= 0.3 is 0 Å². The number of nitrogens with two attached hydrogens (primary N) is 2. The molecule has 0 saturated carbocycles. The van der Waals surface area contributed by atoms with E-state index in [-0.39, 0.29) is 5.69 Å².